The molecule has 0 aliphatic rings. The molecule has 11 heteroatoms. The van der Waals surface area contributed by atoms with Gasteiger partial charge in [-0.25, -0.2) is 29.0 Å². The van der Waals surface area contributed by atoms with Crippen LogP contribution in [0.3, 0.4) is 0 Å². The molecule has 0 aromatic heterocycles. The Balaban J connectivity index is 0.000000303. The van der Waals surface area contributed by atoms with Crippen LogP contribution in [0.2, 0.25) is 0 Å². The predicted octanol–water partition coefficient (Wildman–Crippen LogP) is 4.58. The molecule has 0 saturated carbocycles. The second kappa shape index (κ2) is 14.9. The average Bonchev–Trinajstić information content (AvgIpc) is 2.84. The highest BCUT2D eigenvalue weighted by atomic mass is 35.5. The van der Waals surface area contributed by atoms with Crippen molar-refractivity contribution in [3.63, 3.8) is 0 Å². The normalized spacial score (nSPS) is 9.38. The fourth-order valence-corrected chi connectivity index (χ4v) is 1.97. The molecule has 0 heterocycles. The first-order valence-corrected chi connectivity index (χ1v) is 10.1. The van der Waals surface area contributed by atoms with Gasteiger partial charge in [-0.15, -0.1) is 0 Å². The fraction of sp³-hybridized carbons (Fsp3) is 0.0435. The van der Waals surface area contributed by atoms with Gasteiger partial charge in [0.05, 0.1) is 11.1 Å². The number of aromatic hydroxyl groups is 1. The molecule has 9 nitrogen and oxygen atoms in total. The summed E-state index contributed by atoms with van der Waals surface area (Å²) in [4.78, 5) is 50.3. The monoisotopic (exact) mass is 508 g/mol. The highest BCUT2D eigenvalue weighted by Gasteiger charge is 2.13. The molecule has 34 heavy (non-hydrogen) atoms. The van der Waals surface area contributed by atoms with Crippen LogP contribution < -0.4 is 0 Å². The lowest BCUT2D eigenvalue weighted by atomic mass is 10.2. The van der Waals surface area contributed by atoms with Gasteiger partial charge >= 0.3 is 23.9 Å². The van der Waals surface area contributed by atoms with Crippen LogP contribution in [-0.2, 0) is 14.6 Å². The number of hydrogen-bond acceptors (Lipinski definition) is 7. The van der Waals surface area contributed by atoms with Crippen molar-refractivity contribution in [3.8, 4) is 5.75 Å². The molecule has 0 fully saturated rings. The summed E-state index contributed by atoms with van der Waals surface area (Å²) in [6.45, 7) is 0. The topological polar surface area (TPSA) is 147 Å². The molecule has 0 amide bonds. The Morgan fingerprint density at radius 3 is 1.29 bits per heavy atom. The minimum Gasteiger partial charge on any atom is -0.507 e. The van der Waals surface area contributed by atoms with E-state index in [0.29, 0.717) is 11.1 Å². The van der Waals surface area contributed by atoms with E-state index in [-0.39, 0.29) is 11.3 Å². The summed E-state index contributed by atoms with van der Waals surface area (Å²) >= 11 is 9.56. The largest absolute Gasteiger partial charge is 0.507 e. The van der Waals surface area contributed by atoms with Gasteiger partial charge in [-0.3, -0.25) is 0 Å². The number of halogens is 2. The Kier molecular flexibility index (Phi) is 12.2. The summed E-state index contributed by atoms with van der Waals surface area (Å²) in [6.07, 6.45) is 0. The van der Waals surface area contributed by atoms with Crippen molar-refractivity contribution in [2.45, 2.75) is 4.84 Å². The highest BCUT2D eigenvalue weighted by molar-refractivity contribution is 6.52. The molecule has 0 unspecified atom stereocenters. The molecule has 3 rings (SSSR count). The van der Waals surface area contributed by atoms with E-state index in [4.69, 9.17) is 38.5 Å². The predicted molar refractivity (Wildman–Crippen MR) is 122 cm³/mol. The van der Waals surface area contributed by atoms with Gasteiger partial charge in [-0.1, -0.05) is 71.7 Å². The number of hydrogen-bond donors (Lipinski definition) is 3. The molecule has 0 bridgehead atoms. The van der Waals surface area contributed by atoms with Crippen molar-refractivity contribution in [2.24, 2.45) is 0 Å². The van der Waals surface area contributed by atoms with Crippen LogP contribution in [0.1, 0.15) is 31.1 Å². The number of para-hydroxylation sites is 1. The molecular formula is C23H18Cl2O9. The van der Waals surface area contributed by atoms with Gasteiger partial charge in [0, 0.05) is 0 Å². The summed E-state index contributed by atoms with van der Waals surface area (Å²) in [7, 11) is 0. The molecule has 0 radical (unpaired) electrons. The Labute approximate surface area is 203 Å². The lowest BCUT2D eigenvalue weighted by Crippen LogP contribution is -2.11. The maximum absolute atomic E-state index is 11.5. The van der Waals surface area contributed by atoms with Crippen molar-refractivity contribution in [3.05, 3.63) is 102 Å². The Morgan fingerprint density at radius 2 is 1.00 bits per heavy atom. The number of carbonyl (C=O) groups excluding carboxylic acids is 2. The molecule has 3 N–H and O–H groups in total. The van der Waals surface area contributed by atoms with Crippen LogP contribution in [-0.4, -0.2) is 44.0 Å². The minimum atomic E-state index is -1.29. The van der Waals surface area contributed by atoms with Crippen LogP contribution in [0.15, 0.2) is 84.9 Å². The first-order valence-electron chi connectivity index (χ1n) is 9.19. The van der Waals surface area contributed by atoms with Crippen LogP contribution in [0, 0.1) is 0 Å². The summed E-state index contributed by atoms with van der Waals surface area (Å²) in [5.74, 6) is -3.94. The van der Waals surface area contributed by atoms with Gasteiger partial charge in [0.2, 0.25) is 4.84 Å². The van der Waals surface area contributed by atoms with Gasteiger partial charge in [-0.05, 0) is 36.4 Å². The second-order valence-electron chi connectivity index (χ2n) is 5.93. The molecule has 3 aromatic carbocycles. The van der Waals surface area contributed by atoms with Gasteiger partial charge in [-0.2, -0.15) is 0 Å². The van der Waals surface area contributed by atoms with Gasteiger partial charge in [0.25, 0.3) is 0 Å². The van der Waals surface area contributed by atoms with Crippen LogP contribution in [0.4, 0.5) is 0 Å². The second-order valence-corrected chi connectivity index (χ2v) is 7.03. The zero-order valence-electron chi connectivity index (χ0n) is 17.2. The minimum absolute atomic E-state index is 0.0671. The van der Waals surface area contributed by atoms with Gasteiger partial charge in [0.15, 0.2) is 0 Å². The van der Waals surface area contributed by atoms with Crippen molar-refractivity contribution in [1.29, 1.82) is 0 Å². The van der Waals surface area contributed by atoms with Crippen molar-refractivity contribution >= 4 is 47.1 Å². The summed E-state index contributed by atoms with van der Waals surface area (Å²) < 4.78 is 0. The summed E-state index contributed by atoms with van der Waals surface area (Å²) in [5.41, 5.74) is 0.569. The highest BCUT2D eigenvalue weighted by Crippen LogP contribution is 2.14. The van der Waals surface area contributed by atoms with Crippen LogP contribution >= 0.6 is 23.2 Å². The Morgan fingerprint density at radius 1 is 0.647 bits per heavy atom. The van der Waals surface area contributed by atoms with E-state index in [1.165, 1.54) is 12.1 Å². The molecule has 0 atom stereocenters. The molecule has 0 saturated heterocycles. The zero-order valence-corrected chi connectivity index (χ0v) is 18.7. The SMILES string of the molecule is O=C(O)C(Cl)Cl.O=C(O)c1ccccc1O.O=C(OOC(=O)c1ccccc1)c1ccccc1. The first kappa shape index (κ1) is 28.0. The third-order valence-corrected chi connectivity index (χ3v) is 3.91. The number of phenols is 1. The number of carbonyl (C=O) groups is 4. The van der Waals surface area contributed by atoms with E-state index in [0.717, 1.165) is 0 Å². The molecule has 178 valence electrons. The maximum atomic E-state index is 11.5. The van der Waals surface area contributed by atoms with Gasteiger partial charge in [0.1, 0.15) is 11.3 Å². The number of alkyl halides is 2. The summed E-state index contributed by atoms with van der Waals surface area (Å²) in [5, 5.41) is 25.0. The fourth-order valence-electron chi connectivity index (χ4n) is 1.97. The standard InChI is InChI=1S/C14H10O4.C7H6O3.C2H2Cl2O2/c15-13(11-7-3-1-4-8-11)17-18-14(16)12-9-5-2-6-10-12;8-6-4-2-1-3-5(6)7(9)10;3-1(4)2(5)6/h1-10H;1-4,8H,(H,9,10);1H,(H,5,6). The third-order valence-electron chi connectivity index (χ3n) is 3.53. The lowest BCUT2D eigenvalue weighted by Gasteiger charge is -2.02. The van der Waals surface area contributed by atoms with E-state index in [1.807, 2.05) is 0 Å². The van der Waals surface area contributed by atoms with Crippen molar-refractivity contribution in [2.75, 3.05) is 0 Å². The summed E-state index contributed by atoms with van der Waals surface area (Å²) in [6, 6.07) is 22.4. The first-order chi connectivity index (χ1) is 16.1. The Bertz CT molecular complexity index is 1040. The van der Waals surface area contributed by atoms with Gasteiger partial charge < -0.3 is 15.3 Å². The van der Waals surface area contributed by atoms with Crippen molar-refractivity contribution < 1.29 is 44.3 Å². The quantitative estimate of drug-likeness (QED) is 0.261. The Hall–Kier alpha value is -4.08. The maximum Gasteiger partial charge on any atom is 0.386 e. The average molecular weight is 509 g/mol. The molecule has 0 aliphatic carbocycles. The number of benzene rings is 3. The number of carboxylic acid groups (broad SMARTS) is 2. The molecule has 0 aliphatic heterocycles. The lowest BCUT2D eigenvalue weighted by molar-refractivity contribution is -0.187. The van der Waals surface area contributed by atoms with E-state index in [9.17, 15) is 19.2 Å². The zero-order chi connectivity index (χ0) is 25.5. The van der Waals surface area contributed by atoms with E-state index < -0.39 is 28.7 Å². The van der Waals surface area contributed by atoms with E-state index >= 15 is 0 Å². The van der Waals surface area contributed by atoms with Crippen LogP contribution in [0.25, 0.3) is 0 Å². The number of aliphatic carboxylic acids is 1. The van der Waals surface area contributed by atoms with E-state index in [1.54, 1.807) is 72.8 Å². The number of rotatable bonds is 4. The van der Waals surface area contributed by atoms with E-state index in [2.05, 4.69) is 9.78 Å². The molecule has 3 aromatic rings. The molecular weight excluding hydrogens is 491 g/mol. The molecule has 0 spiro atoms. The third kappa shape index (κ3) is 10.5. The van der Waals surface area contributed by atoms with Crippen molar-refractivity contribution in [1.82, 2.24) is 0 Å². The number of carboxylic acids is 2. The smallest absolute Gasteiger partial charge is 0.386 e. The number of aromatic carboxylic acids is 1. The van der Waals surface area contributed by atoms with Crippen LogP contribution in [0.5, 0.6) is 5.75 Å².